The van der Waals surface area contributed by atoms with Crippen molar-refractivity contribution in [2.45, 2.75) is 32.6 Å². The molecule has 1 amide bonds. The zero-order valence-electron chi connectivity index (χ0n) is 17.2. The van der Waals surface area contributed by atoms with E-state index in [4.69, 9.17) is 11.6 Å². The number of aryl methyl sites for hydroxylation is 3. The molecule has 5 nitrogen and oxygen atoms in total. The first-order valence-corrected chi connectivity index (χ1v) is 11.2. The summed E-state index contributed by atoms with van der Waals surface area (Å²) in [5.74, 6) is -0.418. The molecule has 3 aromatic carbocycles. The fraction of sp³-hybridized carbons (Fsp3) is 0.174. The largest absolute Gasteiger partial charge is 0.322 e. The molecule has 0 heterocycles. The van der Waals surface area contributed by atoms with Gasteiger partial charge in [-0.15, -0.1) is 0 Å². The third kappa shape index (κ3) is 4.66. The first-order chi connectivity index (χ1) is 14.1. The van der Waals surface area contributed by atoms with Crippen LogP contribution in [0.3, 0.4) is 0 Å². The lowest BCUT2D eigenvalue weighted by Gasteiger charge is -2.14. The second kappa shape index (κ2) is 8.50. The first kappa shape index (κ1) is 21.9. The molecule has 156 valence electrons. The van der Waals surface area contributed by atoms with Crippen LogP contribution >= 0.6 is 11.6 Å². The lowest BCUT2D eigenvalue weighted by atomic mass is 10.1. The number of hydrogen-bond acceptors (Lipinski definition) is 3. The normalized spacial score (nSPS) is 11.2. The van der Waals surface area contributed by atoms with Gasteiger partial charge in [-0.1, -0.05) is 35.9 Å². The standard InChI is InChI=1S/C23H23ClN2O3S/c1-14-6-5-7-21(17(14)4)26-30(28,29)22-12-18(10-8-16(22)3)23(27)25-19-11-9-15(2)20(24)13-19/h5-13,26H,1-4H3,(H,25,27). The van der Waals surface area contributed by atoms with Gasteiger partial charge in [-0.05, 0) is 80.3 Å². The zero-order chi connectivity index (χ0) is 22.1. The van der Waals surface area contributed by atoms with Crippen LogP contribution in [0.2, 0.25) is 5.02 Å². The highest BCUT2D eigenvalue weighted by molar-refractivity contribution is 7.92. The molecule has 0 radical (unpaired) electrons. The summed E-state index contributed by atoms with van der Waals surface area (Å²) < 4.78 is 28.7. The second-order valence-corrected chi connectivity index (χ2v) is 9.31. The summed E-state index contributed by atoms with van der Waals surface area (Å²) in [7, 11) is -3.88. The van der Waals surface area contributed by atoms with Crippen LogP contribution in [0.1, 0.15) is 32.6 Å². The van der Waals surface area contributed by atoms with Crippen LogP contribution < -0.4 is 10.0 Å². The second-order valence-electron chi connectivity index (χ2n) is 7.25. The first-order valence-electron chi connectivity index (χ1n) is 9.35. The molecule has 0 aromatic heterocycles. The summed E-state index contributed by atoms with van der Waals surface area (Å²) in [5.41, 5.74) is 4.56. The number of benzene rings is 3. The Balaban J connectivity index is 1.91. The van der Waals surface area contributed by atoms with Gasteiger partial charge in [0.25, 0.3) is 15.9 Å². The molecule has 0 spiro atoms. The van der Waals surface area contributed by atoms with Crippen LogP contribution in [0.4, 0.5) is 11.4 Å². The lowest BCUT2D eigenvalue weighted by molar-refractivity contribution is 0.102. The molecule has 30 heavy (non-hydrogen) atoms. The van der Waals surface area contributed by atoms with Crippen LogP contribution in [-0.2, 0) is 10.0 Å². The molecule has 0 saturated heterocycles. The van der Waals surface area contributed by atoms with Gasteiger partial charge in [0.2, 0.25) is 0 Å². The predicted molar refractivity (Wildman–Crippen MR) is 122 cm³/mol. The quantitative estimate of drug-likeness (QED) is 0.537. The molecule has 0 atom stereocenters. The third-order valence-electron chi connectivity index (χ3n) is 5.02. The fourth-order valence-corrected chi connectivity index (χ4v) is 4.54. The van der Waals surface area contributed by atoms with Crippen molar-refractivity contribution in [2.24, 2.45) is 0 Å². The van der Waals surface area contributed by atoms with Gasteiger partial charge in [0.1, 0.15) is 0 Å². The molecule has 3 aromatic rings. The van der Waals surface area contributed by atoms with Gasteiger partial charge in [0, 0.05) is 16.3 Å². The van der Waals surface area contributed by atoms with E-state index in [9.17, 15) is 13.2 Å². The summed E-state index contributed by atoms with van der Waals surface area (Å²) in [5, 5.41) is 3.29. The maximum absolute atomic E-state index is 13.0. The fourth-order valence-electron chi connectivity index (χ4n) is 2.97. The highest BCUT2D eigenvalue weighted by atomic mass is 35.5. The molecular weight excluding hydrogens is 420 g/mol. The Morgan fingerprint density at radius 1 is 0.867 bits per heavy atom. The van der Waals surface area contributed by atoms with Crippen molar-refractivity contribution in [1.82, 2.24) is 0 Å². The Morgan fingerprint density at radius 3 is 2.27 bits per heavy atom. The lowest BCUT2D eigenvalue weighted by Crippen LogP contribution is -2.17. The molecule has 0 aliphatic rings. The van der Waals surface area contributed by atoms with Crippen molar-refractivity contribution < 1.29 is 13.2 Å². The Hall–Kier alpha value is -2.83. The van der Waals surface area contributed by atoms with Crippen molar-refractivity contribution in [3.8, 4) is 0 Å². The van der Waals surface area contributed by atoms with Crippen LogP contribution in [-0.4, -0.2) is 14.3 Å². The van der Waals surface area contributed by atoms with Crippen molar-refractivity contribution in [3.63, 3.8) is 0 Å². The van der Waals surface area contributed by atoms with E-state index in [-0.39, 0.29) is 10.5 Å². The van der Waals surface area contributed by atoms with Crippen LogP contribution in [0.15, 0.2) is 59.5 Å². The molecule has 3 rings (SSSR count). The van der Waals surface area contributed by atoms with Gasteiger partial charge in [-0.2, -0.15) is 0 Å². The maximum atomic E-state index is 13.0. The average molecular weight is 443 g/mol. The molecule has 0 aliphatic heterocycles. The molecule has 0 saturated carbocycles. The SMILES string of the molecule is Cc1ccc(NC(=O)c2ccc(C)c(S(=O)(=O)Nc3cccc(C)c3C)c2)cc1Cl. The minimum absolute atomic E-state index is 0.0537. The van der Waals surface area contributed by atoms with Gasteiger partial charge >= 0.3 is 0 Å². The van der Waals surface area contributed by atoms with E-state index in [0.29, 0.717) is 22.0 Å². The molecule has 7 heteroatoms. The summed E-state index contributed by atoms with van der Waals surface area (Å²) in [6.45, 7) is 7.34. The molecule has 0 bridgehead atoms. The number of sulfonamides is 1. The van der Waals surface area contributed by atoms with Crippen molar-refractivity contribution in [2.75, 3.05) is 10.0 Å². The van der Waals surface area contributed by atoms with Crippen molar-refractivity contribution >= 4 is 38.9 Å². The third-order valence-corrected chi connectivity index (χ3v) is 6.93. The van der Waals surface area contributed by atoms with Gasteiger partial charge in [-0.3, -0.25) is 9.52 Å². The number of halogens is 1. The van der Waals surface area contributed by atoms with E-state index in [0.717, 1.165) is 16.7 Å². The number of hydrogen-bond donors (Lipinski definition) is 2. The summed E-state index contributed by atoms with van der Waals surface area (Å²) in [6.07, 6.45) is 0. The Morgan fingerprint density at radius 2 is 1.57 bits per heavy atom. The van der Waals surface area contributed by atoms with Gasteiger partial charge in [0.05, 0.1) is 10.6 Å². The molecule has 0 fully saturated rings. The van der Waals surface area contributed by atoms with Gasteiger partial charge in [-0.25, -0.2) is 8.42 Å². The van der Waals surface area contributed by atoms with E-state index < -0.39 is 15.9 Å². The number of anilines is 2. The summed E-state index contributed by atoms with van der Waals surface area (Å²) in [6, 6.07) is 15.2. The van der Waals surface area contributed by atoms with E-state index in [1.165, 1.54) is 6.07 Å². The molecule has 2 N–H and O–H groups in total. The minimum Gasteiger partial charge on any atom is -0.322 e. The molecule has 0 aliphatic carbocycles. The topological polar surface area (TPSA) is 75.3 Å². The van der Waals surface area contributed by atoms with Gasteiger partial charge < -0.3 is 5.32 Å². The number of nitrogens with one attached hydrogen (secondary N) is 2. The number of rotatable bonds is 5. The molecule has 0 unspecified atom stereocenters. The Bertz CT molecular complexity index is 1240. The Labute approximate surface area is 182 Å². The smallest absolute Gasteiger partial charge is 0.262 e. The van der Waals surface area contributed by atoms with E-state index >= 15 is 0 Å². The average Bonchev–Trinajstić information content (AvgIpc) is 2.68. The predicted octanol–water partition coefficient (Wildman–Crippen LogP) is 5.63. The van der Waals surface area contributed by atoms with E-state index in [1.807, 2.05) is 26.8 Å². The zero-order valence-corrected chi connectivity index (χ0v) is 18.8. The number of amides is 1. The van der Waals surface area contributed by atoms with Crippen LogP contribution in [0, 0.1) is 27.7 Å². The van der Waals surface area contributed by atoms with E-state index in [1.54, 1.807) is 49.4 Å². The highest BCUT2D eigenvalue weighted by Crippen LogP contribution is 2.25. The summed E-state index contributed by atoms with van der Waals surface area (Å²) in [4.78, 5) is 12.7. The maximum Gasteiger partial charge on any atom is 0.262 e. The van der Waals surface area contributed by atoms with Gasteiger partial charge in [0.15, 0.2) is 0 Å². The van der Waals surface area contributed by atoms with Crippen LogP contribution in [0.25, 0.3) is 0 Å². The van der Waals surface area contributed by atoms with Crippen LogP contribution in [0.5, 0.6) is 0 Å². The number of carbonyl (C=O) groups is 1. The highest BCUT2D eigenvalue weighted by Gasteiger charge is 2.20. The monoisotopic (exact) mass is 442 g/mol. The van der Waals surface area contributed by atoms with Crippen molar-refractivity contribution in [1.29, 1.82) is 0 Å². The number of carbonyl (C=O) groups excluding carboxylic acids is 1. The minimum atomic E-state index is -3.88. The van der Waals surface area contributed by atoms with Crippen molar-refractivity contribution in [3.05, 3.63) is 87.4 Å². The summed E-state index contributed by atoms with van der Waals surface area (Å²) >= 11 is 6.11. The molecular formula is C23H23ClN2O3S. The van der Waals surface area contributed by atoms with E-state index in [2.05, 4.69) is 10.0 Å². The Kier molecular flexibility index (Phi) is 6.19.